The van der Waals surface area contributed by atoms with E-state index in [0.717, 1.165) is 16.9 Å². The number of aryl methyl sites for hydroxylation is 2. The topological polar surface area (TPSA) is 14.2 Å². The molecule has 0 N–H and O–H groups in total. The van der Waals surface area contributed by atoms with Gasteiger partial charge < -0.3 is 9.30 Å². The summed E-state index contributed by atoms with van der Waals surface area (Å²) in [5.41, 5.74) is -1.48. The Bertz CT molecular complexity index is 1660. The molecule has 2 nitrogen and oxygen atoms in total. The van der Waals surface area contributed by atoms with Gasteiger partial charge in [-0.1, -0.05) is 36.4 Å². The molecule has 0 bridgehead atoms. The summed E-state index contributed by atoms with van der Waals surface area (Å²) in [6.07, 6.45) is 3.41. The molecule has 2 heterocycles. The van der Waals surface area contributed by atoms with Gasteiger partial charge in [0.05, 0.1) is 7.11 Å². The number of allylic oxidation sites excluding steroid dienone is 2. The van der Waals surface area contributed by atoms with E-state index in [1.54, 1.807) is 73.3 Å². The van der Waals surface area contributed by atoms with Crippen LogP contribution in [-0.2, 0) is 7.05 Å². The molecular formula is C30H25F6NOS. The Morgan fingerprint density at radius 3 is 2.00 bits per heavy atom. The summed E-state index contributed by atoms with van der Waals surface area (Å²) < 4.78 is 99.2. The molecule has 0 unspecified atom stereocenters. The molecule has 9 heteroatoms. The van der Waals surface area contributed by atoms with Crippen LogP contribution in [-0.4, -0.2) is 29.4 Å². The second kappa shape index (κ2) is 9.05. The second-order valence-electron chi connectivity index (χ2n) is 9.64. The Kier molecular flexibility index (Phi) is 6.29. The molecule has 0 fully saturated rings. The number of thiophene rings is 1. The van der Waals surface area contributed by atoms with E-state index in [4.69, 9.17) is 4.74 Å². The molecule has 39 heavy (non-hydrogen) atoms. The van der Waals surface area contributed by atoms with Crippen molar-refractivity contribution in [3.8, 4) is 5.75 Å². The van der Waals surface area contributed by atoms with Crippen LogP contribution in [0, 0.1) is 20.8 Å². The molecule has 0 atom stereocenters. The summed E-state index contributed by atoms with van der Waals surface area (Å²) in [4.78, 5) is 0.759. The molecular weight excluding hydrogens is 536 g/mol. The van der Waals surface area contributed by atoms with Gasteiger partial charge in [-0.2, -0.15) is 26.3 Å². The van der Waals surface area contributed by atoms with Gasteiger partial charge in [-0.15, -0.1) is 11.3 Å². The van der Waals surface area contributed by atoms with E-state index in [1.807, 2.05) is 0 Å². The van der Waals surface area contributed by atoms with Crippen molar-refractivity contribution < 1.29 is 31.1 Å². The maximum absolute atomic E-state index is 15.6. The number of aromatic nitrogens is 1. The molecule has 204 valence electrons. The zero-order chi connectivity index (χ0) is 28.5. The van der Waals surface area contributed by atoms with E-state index in [1.165, 1.54) is 26.8 Å². The van der Waals surface area contributed by atoms with E-state index in [-0.39, 0.29) is 32.6 Å². The van der Waals surface area contributed by atoms with Crippen LogP contribution in [0.1, 0.15) is 37.7 Å². The van der Waals surface area contributed by atoms with Crippen LogP contribution >= 0.6 is 11.3 Å². The molecule has 0 amide bonds. The number of rotatable bonds is 5. The molecule has 0 spiro atoms. The first-order valence-electron chi connectivity index (χ1n) is 12.1. The number of hydrogen-bond donors (Lipinski definition) is 0. The number of fused-ring (bicyclic) bond motifs is 1. The fraction of sp³-hybridized carbons (Fsp3) is 0.267. The Hall–Kier alpha value is -3.46. The normalized spacial score (nSPS) is 18.0. The van der Waals surface area contributed by atoms with Crippen molar-refractivity contribution in [1.82, 2.24) is 4.57 Å². The van der Waals surface area contributed by atoms with E-state index >= 15 is 26.3 Å². The average Bonchev–Trinajstić information content (AvgIpc) is 3.35. The second-order valence-corrected chi connectivity index (χ2v) is 10.9. The molecule has 2 aromatic carbocycles. The first kappa shape index (κ1) is 27.1. The van der Waals surface area contributed by atoms with Gasteiger partial charge in [-0.05, 0) is 56.2 Å². The smallest absolute Gasteiger partial charge is 0.380 e. The monoisotopic (exact) mass is 561 g/mol. The minimum absolute atomic E-state index is 0.196. The quantitative estimate of drug-likeness (QED) is 0.222. The first-order chi connectivity index (χ1) is 18.3. The van der Waals surface area contributed by atoms with Crippen molar-refractivity contribution in [1.29, 1.82) is 0 Å². The van der Waals surface area contributed by atoms with Crippen molar-refractivity contribution >= 4 is 45.5 Å². The highest BCUT2D eigenvalue weighted by atomic mass is 32.1. The summed E-state index contributed by atoms with van der Waals surface area (Å²) in [6.45, 7) is 4.46. The van der Waals surface area contributed by atoms with Crippen LogP contribution in [0.4, 0.5) is 26.3 Å². The Labute approximate surface area is 225 Å². The Balaban J connectivity index is 1.78. The van der Waals surface area contributed by atoms with Gasteiger partial charge in [0.25, 0.3) is 0 Å². The van der Waals surface area contributed by atoms with Gasteiger partial charge in [-0.3, -0.25) is 0 Å². The molecule has 0 saturated carbocycles. The maximum Gasteiger partial charge on any atom is 0.380 e. The van der Waals surface area contributed by atoms with E-state index in [9.17, 15) is 0 Å². The van der Waals surface area contributed by atoms with Crippen molar-refractivity contribution in [2.45, 2.75) is 38.5 Å². The number of para-hydroxylation sites is 1. The summed E-state index contributed by atoms with van der Waals surface area (Å²) in [7, 11) is 3.13. The third-order valence-electron chi connectivity index (χ3n) is 7.47. The highest BCUT2D eigenvalue weighted by Gasteiger charge is 2.80. The highest BCUT2D eigenvalue weighted by Crippen LogP contribution is 2.66. The first-order valence-corrected chi connectivity index (χ1v) is 12.9. The SMILES string of the molecule is COc1ccc(C=Cc2sc(C)c(C3=C(c4c(C)n(C)c5ccccc45)C(F)(F)C(F)(F)C3(F)F)c2C)cc1. The fourth-order valence-electron chi connectivity index (χ4n) is 5.31. The van der Waals surface area contributed by atoms with Gasteiger partial charge in [-0.25, -0.2) is 0 Å². The number of methoxy groups -OCH3 is 1. The minimum Gasteiger partial charge on any atom is -0.497 e. The minimum atomic E-state index is -5.62. The predicted octanol–water partition coefficient (Wildman–Crippen LogP) is 9.17. The highest BCUT2D eigenvalue weighted by molar-refractivity contribution is 7.13. The lowest BCUT2D eigenvalue weighted by Gasteiger charge is -2.26. The largest absolute Gasteiger partial charge is 0.497 e. The average molecular weight is 562 g/mol. The Morgan fingerprint density at radius 2 is 1.38 bits per heavy atom. The molecule has 4 aromatic rings. The number of benzene rings is 2. The molecule has 1 aliphatic carbocycles. The van der Waals surface area contributed by atoms with Crippen LogP contribution in [0.2, 0.25) is 0 Å². The zero-order valence-electron chi connectivity index (χ0n) is 21.8. The van der Waals surface area contributed by atoms with Crippen molar-refractivity contribution in [3.63, 3.8) is 0 Å². The van der Waals surface area contributed by atoms with Crippen molar-refractivity contribution in [2.24, 2.45) is 7.05 Å². The van der Waals surface area contributed by atoms with Gasteiger partial charge in [0.15, 0.2) is 0 Å². The summed E-state index contributed by atoms with van der Waals surface area (Å²) >= 11 is 1.09. The standard InChI is InChI=1S/C30H25F6NOS/c1-16-23(15-12-19-10-13-20(38-5)14-11-19)39-18(3)24(16)26-27(29(33,34)30(35,36)28(26,31)32)25-17(2)37(4)22-9-7-6-8-21(22)25/h6-15H,1-5H3. The number of halogens is 6. The fourth-order valence-corrected chi connectivity index (χ4v) is 6.39. The zero-order valence-corrected chi connectivity index (χ0v) is 22.6. The number of nitrogens with zero attached hydrogens (tertiary/aromatic N) is 1. The lowest BCUT2D eigenvalue weighted by molar-refractivity contribution is -0.254. The molecule has 0 aliphatic heterocycles. The predicted molar refractivity (Wildman–Crippen MR) is 145 cm³/mol. The molecule has 5 rings (SSSR count). The van der Waals surface area contributed by atoms with E-state index in [0.29, 0.717) is 16.1 Å². The molecule has 2 aromatic heterocycles. The van der Waals surface area contributed by atoms with Crippen LogP contribution in [0.5, 0.6) is 5.75 Å². The van der Waals surface area contributed by atoms with Gasteiger partial charge in [0.1, 0.15) is 5.75 Å². The maximum atomic E-state index is 15.6. The Morgan fingerprint density at radius 1 is 0.795 bits per heavy atom. The molecule has 0 radical (unpaired) electrons. The number of alkyl halides is 6. The summed E-state index contributed by atoms with van der Waals surface area (Å²) in [5, 5.41) is 0.211. The van der Waals surface area contributed by atoms with Gasteiger partial charge >= 0.3 is 17.8 Å². The van der Waals surface area contributed by atoms with Crippen molar-refractivity contribution in [2.75, 3.05) is 7.11 Å². The molecule has 0 saturated heterocycles. The third-order valence-corrected chi connectivity index (χ3v) is 8.64. The van der Waals surface area contributed by atoms with Crippen molar-refractivity contribution in [3.05, 3.63) is 86.2 Å². The van der Waals surface area contributed by atoms with Gasteiger partial charge in [0, 0.05) is 55.7 Å². The lowest BCUT2D eigenvalue weighted by Crippen LogP contribution is -2.49. The number of ether oxygens (including phenoxy) is 1. The van der Waals surface area contributed by atoms with Crippen LogP contribution in [0.15, 0.2) is 48.5 Å². The van der Waals surface area contributed by atoms with Crippen LogP contribution < -0.4 is 4.74 Å². The van der Waals surface area contributed by atoms with E-state index < -0.39 is 28.9 Å². The number of hydrogen-bond acceptors (Lipinski definition) is 2. The summed E-state index contributed by atoms with van der Waals surface area (Å²) in [6, 6.07) is 13.5. The molecule has 1 aliphatic rings. The van der Waals surface area contributed by atoms with Gasteiger partial charge in [0.2, 0.25) is 0 Å². The lowest BCUT2D eigenvalue weighted by atomic mass is 9.91. The van der Waals surface area contributed by atoms with Crippen LogP contribution in [0.3, 0.4) is 0 Å². The van der Waals surface area contributed by atoms with E-state index in [2.05, 4.69) is 0 Å². The summed E-state index contributed by atoms with van der Waals surface area (Å²) in [5.74, 6) is -15.2. The third kappa shape index (κ3) is 3.77. The van der Waals surface area contributed by atoms with Crippen LogP contribution in [0.25, 0.3) is 34.2 Å².